The third kappa shape index (κ3) is 4.33. The summed E-state index contributed by atoms with van der Waals surface area (Å²) in [6.45, 7) is 5.45. The summed E-state index contributed by atoms with van der Waals surface area (Å²) in [6.07, 6.45) is 6.13. The molecule has 0 spiro atoms. The number of hydrogen-bond donors (Lipinski definition) is 3. The molecule has 2 aliphatic rings. The first-order chi connectivity index (χ1) is 15.5. The van der Waals surface area contributed by atoms with Gasteiger partial charge in [-0.3, -0.25) is 14.4 Å². The van der Waals surface area contributed by atoms with Crippen LogP contribution in [0.25, 0.3) is 11.0 Å². The van der Waals surface area contributed by atoms with Crippen LogP contribution in [0.2, 0.25) is 0 Å². The summed E-state index contributed by atoms with van der Waals surface area (Å²) in [4.78, 5) is 34.3. The van der Waals surface area contributed by atoms with E-state index in [1.807, 2.05) is 19.3 Å². The molecule has 3 N–H and O–H groups in total. The Labute approximate surface area is 185 Å². The van der Waals surface area contributed by atoms with Crippen LogP contribution in [0.3, 0.4) is 0 Å². The van der Waals surface area contributed by atoms with Crippen molar-refractivity contribution in [2.24, 2.45) is 7.05 Å². The molecule has 5 rings (SSSR count). The van der Waals surface area contributed by atoms with Crippen LogP contribution in [-0.4, -0.2) is 69.6 Å². The van der Waals surface area contributed by atoms with Crippen molar-refractivity contribution in [3.63, 3.8) is 0 Å². The molecule has 1 fully saturated rings. The van der Waals surface area contributed by atoms with Crippen molar-refractivity contribution in [2.75, 3.05) is 41.3 Å². The lowest BCUT2D eigenvalue weighted by atomic mass is 10.1. The molecule has 2 amide bonds. The molecule has 1 saturated heterocycles. The lowest BCUT2D eigenvalue weighted by Gasteiger charge is -2.34. The van der Waals surface area contributed by atoms with Gasteiger partial charge >= 0.3 is 6.03 Å². The fraction of sp³-hybridized carbons (Fsp3) is 0.381. The Hall–Kier alpha value is -3.73. The predicted molar refractivity (Wildman–Crippen MR) is 121 cm³/mol. The van der Waals surface area contributed by atoms with Gasteiger partial charge in [-0.1, -0.05) is 0 Å². The number of piperazine rings is 1. The van der Waals surface area contributed by atoms with Gasteiger partial charge < -0.3 is 20.6 Å². The van der Waals surface area contributed by atoms with Crippen molar-refractivity contribution in [3.8, 4) is 0 Å². The van der Waals surface area contributed by atoms with Crippen LogP contribution in [0.4, 0.5) is 22.0 Å². The Morgan fingerprint density at radius 1 is 1.34 bits per heavy atom. The van der Waals surface area contributed by atoms with E-state index >= 15 is 0 Å². The van der Waals surface area contributed by atoms with Gasteiger partial charge in [0.1, 0.15) is 5.82 Å². The second-order valence-corrected chi connectivity index (χ2v) is 7.81. The third-order valence-electron chi connectivity index (χ3n) is 5.53. The van der Waals surface area contributed by atoms with E-state index in [-0.39, 0.29) is 12.5 Å². The normalized spacial score (nSPS) is 17.5. The van der Waals surface area contributed by atoms with E-state index in [4.69, 9.17) is 9.90 Å². The number of aryl methyl sites for hydroxylation is 1. The van der Waals surface area contributed by atoms with Gasteiger partial charge in [0.2, 0.25) is 0 Å². The number of nitrogens with one attached hydrogen (secondary N) is 2. The highest BCUT2D eigenvalue weighted by molar-refractivity contribution is 6.03. The van der Waals surface area contributed by atoms with Crippen LogP contribution in [0.5, 0.6) is 0 Å². The van der Waals surface area contributed by atoms with Crippen LogP contribution < -0.4 is 20.4 Å². The zero-order valence-electron chi connectivity index (χ0n) is 18.0. The minimum absolute atomic E-state index is 0.188. The number of aromatic nitrogens is 4. The topological polar surface area (TPSA) is 129 Å². The average Bonchev–Trinajstić information content (AvgIpc) is 3.36. The molecule has 0 bridgehead atoms. The largest absolute Gasteiger partial charge is 0.483 e. The third-order valence-corrected chi connectivity index (χ3v) is 5.53. The van der Waals surface area contributed by atoms with Crippen molar-refractivity contribution in [1.29, 1.82) is 0 Å². The summed E-state index contributed by atoms with van der Waals surface area (Å²) in [5, 5.41) is 18.5. The van der Waals surface area contributed by atoms with Crippen molar-refractivity contribution >= 4 is 40.7 Å². The predicted octanol–water partition coefficient (Wildman–Crippen LogP) is 1.46. The SMILES string of the molecule is C[C@@H]1CN(c2ccnc3c2CCN3C(=O)Nc2cnc3nn(C)cc3c2)CCN1.O=CO. The Balaban J connectivity index is 0.000000775. The highest BCUT2D eigenvalue weighted by atomic mass is 16.3. The monoisotopic (exact) mass is 438 g/mol. The molecule has 11 nitrogen and oxygen atoms in total. The number of anilines is 3. The van der Waals surface area contributed by atoms with Gasteiger partial charge in [0, 0.05) is 68.3 Å². The molecule has 0 aromatic carbocycles. The molecule has 2 aliphatic heterocycles. The molecule has 0 saturated carbocycles. The highest BCUT2D eigenvalue weighted by Crippen LogP contribution is 2.34. The van der Waals surface area contributed by atoms with E-state index in [9.17, 15) is 4.79 Å². The maximum Gasteiger partial charge on any atom is 0.327 e. The first-order valence-electron chi connectivity index (χ1n) is 10.4. The quantitative estimate of drug-likeness (QED) is 0.513. The van der Waals surface area contributed by atoms with Crippen LogP contribution in [0.15, 0.2) is 30.7 Å². The maximum absolute atomic E-state index is 13.0. The summed E-state index contributed by atoms with van der Waals surface area (Å²) in [5.74, 6) is 0.751. The zero-order valence-corrected chi connectivity index (χ0v) is 18.0. The minimum Gasteiger partial charge on any atom is -0.483 e. The van der Waals surface area contributed by atoms with E-state index in [2.05, 4.69) is 43.6 Å². The molecule has 5 heterocycles. The van der Waals surface area contributed by atoms with E-state index in [1.54, 1.807) is 22.0 Å². The van der Waals surface area contributed by atoms with Crippen LogP contribution in [-0.2, 0) is 18.3 Å². The number of hydrogen-bond acceptors (Lipinski definition) is 7. The number of carboxylic acid groups (broad SMARTS) is 1. The Morgan fingerprint density at radius 3 is 2.94 bits per heavy atom. The van der Waals surface area contributed by atoms with Gasteiger partial charge in [-0.05, 0) is 25.5 Å². The molecule has 0 radical (unpaired) electrons. The summed E-state index contributed by atoms with van der Waals surface area (Å²) < 4.78 is 1.71. The summed E-state index contributed by atoms with van der Waals surface area (Å²) in [7, 11) is 1.85. The van der Waals surface area contributed by atoms with Crippen molar-refractivity contribution in [2.45, 2.75) is 19.4 Å². The number of fused-ring (bicyclic) bond motifs is 2. The van der Waals surface area contributed by atoms with Crippen molar-refractivity contribution in [3.05, 3.63) is 36.3 Å². The van der Waals surface area contributed by atoms with Gasteiger partial charge in [-0.25, -0.2) is 14.8 Å². The van der Waals surface area contributed by atoms with Crippen LogP contribution in [0.1, 0.15) is 12.5 Å². The van der Waals surface area contributed by atoms with Gasteiger partial charge in [0.15, 0.2) is 5.65 Å². The van der Waals surface area contributed by atoms with E-state index in [0.717, 1.165) is 42.8 Å². The van der Waals surface area contributed by atoms with Crippen molar-refractivity contribution in [1.82, 2.24) is 25.1 Å². The standard InChI is InChI=1S/C20H24N8O.CH2O2/c1-13-11-27(8-6-21-13)17-3-5-22-19-16(17)4-7-28(19)20(29)24-15-9-14-12-26(2)25-18(14)23-10-15;2-1-3/h3,5,9-10,12-13,21H,4,6-8,11H2,1-2H3,(H,24,29);1H,(H,2,3)/t13-;/m1./s1. The maximum atomic E-state index is 13.0. The molecule has 3 aromatic heterocycles. The Bertz CT molecular complexity index is 1130. The lowest BCUT2D eigenvalue weighted by Crippen LogP contribution is -2.49. The second-order valence-electron chi connectivity index (χ2n) is 7.81. The Morgan fingerprint density at radius 2 is 2.16 bits per heavy atom. The number of urea groups is 1. The smallest absolute Gasteiger partial charge is 0.327 e. The summed E-state index contributed by atoms with van der Waals surface area (Å²) >= 11 is 0. The molecule has 0 aliphatic carbocycles. The zero-order chi connectivity index (χ0) is 22.7. The van der Waals surface area contributed by atoms with Crippen LogP contribution >= 0.6 is 0 Å². The van der Waals surface area contributed by atoms with E-state index < -0.39 is 0 Å². The average molecular weight is 438 g/mol. The van der Waals surface area contributed by atoms with E-state index in [1.165, 1.54) is 5.69 Å². The summed E-state index contributed by atoms with van der Waals surface area (Å²) in [5.41, 5.74) is 3.65. The fourth-order valence-corrected chi connectivity index (χ4v) is 4.21. The highest BCUT2D eigenvalue weighted by Gasteiger charge is 2.30. The van der Waals surface area contributed by atoms with Crippen LogP contribution in [0, 0.1) is 0 Å². The number of carbonyl (C=O) groups excluding carboxylic acids is 1. The second kappa shape index (κ2) is 9.18. The van der Waals surface area contributed by atoms with E-state index in [0.29, 0.717) is 23.9 Å². The molecule has 32 heavy (non-hydrogen) atoms. The first-order valence-corrected chi connectivity index (χ1v) is 10.4. The number of carbonyl (C=O) groups is 2. The Kier molecular flexibility index (Phi) is 6.17. The molecule has 1 atom stereocenters. The molecule has 11 heteroatoms. The lowest BCUT2D eigenvalue weighted by molar-refractivity contribution is -0.122. The summed E-state index contributed by atoms with van der Waals surface area (Å²) in [6, 6.07) is 4.21. The molecule has 0 unspecified atom stereocenters. The number of pyridine rings is 2. The van der Waals surface area contributed by atoms with Gasteiger partial charge in [-0.2, -0.15) is 5.10 Å². The first kappa shape index (κ1) is 21.5. The number of rotatable bonds is 2. The molecule has 168 valence electrons. The molecular formula is C21H26N8O3. The van der Waals surface area contributed by atoms with Gasteiger partial charge in [-0.15, -0.1) is 0 Å². The van der Waals surface area contributed by atoms with Crippen molar-refractivity contribution < 1.29 is 14.7 Å². The molecule has 3 aromatic rings. The minimum atomic E-state index is -0.250. The number of nitrogens with zero attached hydrogens (tertiary/aromatic N) is 6. The van der Waals surface area contributed by atoms with Gasteiger partial charge in [0.25, 0.3) is 6.47 Å². The molecular weight excluding hydrogens is 412 g/mol. The fourth-order valence-electron chi connectivity index (χ4n) is 4.21. The number of amides is 2. The van der Waals surface area contributed by atoms with Gasteiger partial charge in [0.05, 0.1) is 11.9 Å².